The minimum absolute atomic E-state index is 0. The lowest BCUT2D eigenvalue weighted by atomic mass is 9.78. The highest BCUT2D eigenvalue weighted by Gasteiger charge is 2.44. The van der Waals surface area contributed by atoms with E-state index in [2.05, 4.69) is 12.2 Å². The number of carbonyl (C=O) groups is 1. The van der Waals surface area contributed by atoms with Crippen LogP contribution in [0, 0.1) is 23.2 Å². The molecule has 122 valence electrons. The smallest absolute Gasteiger partial charge is 0.227 e. The van der Waals surface area contributed by atoms with Crippen molar-refractivity contribution in [1.29, 1.82) is 0 Å². The van der Waals surface area contributed by atoms with Crippen molar-refractivity contribution in [2.24, 2.45) is 28.9 Å². The van der Waals surface area contributed by atoms with E-state index in [4.69, 9.17) is 10.5 Å². The van der Waals surface area contributed by atoms with Gasteiger partial charge in [0.05, 0.1) is 5.41 Å². The van der Waals surface area contributed by atoms with Crippen molar-refractivity contribution in [3.05, 3.63) is 0 Å². The fraction of sp³-hybridized carbons (Fsp3) is 0.938. The van der Waals surface area contributed by atoms with E-state index >= 15 is 0 Å². The Hall–Kier alpha value is -0.320. The van der Waals surface area contributed by atoms with Crippen molar-refractivity contribution < 1.29 is 9.53 Å². The molecule has 2 saturated carbocycles. The molecule has 1 heterocycles. The summed E-state index contributed by atoms with van der Waals surface area (Å²) >= 11 is 0. The molecule has 2 bridgehead atoms. The lowest BCUT2D eigenvalue weighted by Crippen LogP contribution is -2.53. The first-order chi connectivity index (χ1) is 9.64. The summed E-state index contributed by atoms with van der Waals surface area (Å²) in [6.07, 6.45) is 7.00. The number of amides is 1. The Morgan fingerprint density at radius 2 is 2.05 bits per heavy atom. The Morgan fingerprint density at radius 1 is 1.33 bits per heavy atom. The molecular weight excluding hydrogens is 288 g/mol. The molecule has 0 aromatic carbocycles. The quantitative estimate of drug-likeness (QED) is 0.835. The van der Waals surface area contributed by atoms with Crippen molar-refractivity contribution in [3.63, 3.8) is 0 Å². The fourth-order valence-corrected chi connectivity index (χ4v) is 4.66. The van der Waals surface area contributed by atoms with Gasteiger partial charge < -0.3 is 15.8 Å². The molecule has 5 heteroatoms. The molecule has 1 amide bonds. The second-order valence-corrected chi connectivity index (χ2v) is 7.20. The number of hydrogen-bond acceptors (Lipinski definition) is 3. The summed E-state index contributed by atoms with van der Waals surface area (Å²) in [6.45, 7) is 3.94. The molecule has 1 saturated heterocycles. The predicted octanol–water partition coefficient (Wildman–Crippen LogP) is 2.10. The number of hydrogen-bond donors (Lipinski definition) is 2. The van der Waals surface area contributed by atoms with Crippen LogP contribution in [0.25, 0.3) is 0 Å². The van der Waals surface area contributed by atoms with Crippen molar-refractivity contribution in [2.45, 2.75) is 51.5 Å². The van der Waals surface area contributed by atoms with E-state index in [1.807, 2.05) is 0 Å². The van der Waals surface area contributed by atoms with E-state index in [1.54, 1.807) is 0 Å². The average molecular weight is 317 g/mol. The van der Waals surface area contributed by atoms with Crippen molar-refractivity contribution >= 4 is 18.3 Å². The van der Waals surface area contributed by atoms with Crippen LogP contribution < -0.4 is 11.1 Å². The third-order valence-electron chi connectivity index (χ3n) is 6.12. The molecule has 3 rings (SSSR count). The van der Waals surface area contributed by atoms with Crippen LogP contribution in [0.3, 0.4) is 0 Å². The van der Waals surface area contributed by atoms with Crippen LogP contribution in [-0.4, -0.2) is 31.7 Å². The number of fused-ring (bicyclic) bond motifs is 2. The molecule has 4 nitrogen and oxygen atoms in total. The summed E-state index contributed by atoms with van der Waals surface area (Å²) in [5.41, 5.74) is 5.53. The number of rotatable bonds is 4. The van der Waals surface area contributed by atoms with Crippen LogP contribution in [0.15, 0.2) is 0 Å². The second kappa shape index (κ2) is 6.84. The van der Waals surface area contributed by atoms with E-state index in [-0.39, 0.29) is 23.7 Å². The first kappa shape index (κ1) is 17.0. The van der Waals surface area contributed by atoms with E-state index in [0.717, 1.165) is 24.7 Å². The third-order valence-corrected chi connectivity index (χ3v) is 6.12. The molecule has 3 aliphatic rings. The van der Waals surface area contributed by atoms with E-state index < -0.39 is 0 Å². The normalized spacial score (nSPS) is 35.0. The van der Waals surface area contributed by atoms with Gasteiger partial charge in [-0.25, -0.2) is 0 Å². The molecule has 2 aliphatic carbocycles. The molecule has 4 atom stereocenters. The number of nitrogens with one attached hydrogen (secondary N) is 1. The van der Waals surface area contributed by atoms with Gasteiger partial charge in [-0.1, -0.05) is 6.42 Å². The number of carbonyl (C=O) groups excluding carboxylic acids is 1. The van der Waals surface area contributed by atoms with Crippen LogP contribution in [0.5, 0.6) is 0 Å². The molecular formula is C16H29ClN2O2. The van der Waals surface area contributed by atoms with Crippen LogP contribution >= 0.6 is 12.4 Å². The van der Waals surface area contributed by atoms with E-state index in [0.29, 0.717) is 31.7 Å². The Bertz CT molecular complexity index is 371. The van der Waals surface area contributed by atoms with Crippen LogP contribution in [0.1, 0.15) is 45.4 Å². The van der Waals surface area contributed by atoms with Gasteiger partial charge in [-0.3, -0.25) is 4.79 Å². The number of halogens is 1. The Labute approximate surface area is 134 Å². The zero-order valence-corrected chi connectivity index (χ0v) is 13.8. The first-order valence-corrected chi connectivity index (χ1v) is 8.23. The maximum Gasteiger partial charge on any atom is 0.227 e. The van der Waals surface area contributed by atoms with Gasteiger partial charge in [-0.05, 0) is 56.8 Å². The monoisotopic (exact) mass is 316 g/mol. The highest BCUT2D eigenvalue weighted by atomic mass is 35.5. The largest absolute Gasteiger partial charge is 0.381 e. The molecule has 3 N–H and O–H groups in total. The number of ether oxygens (including phenoxy) is 1. The Kier molecular flexibility index (Phi) is 5.55. The molecule has 3 fully saturated rings. The molecule has 21 heavy (non-hydrogen) atoms. The summed E-state index contributed by atoms with van der Waals surface area (Å²) in [5.74, 6) is 2.63. The van der Waals surface area contributed by atoms with Gasteiger partial charge in [0.1, 0.15) is 0 Å². The van der Waals surface area contributed by atoms with Crippen molar-refractivity contribution in [3.8, 4) is 0 Å². The minimum Gasteiger partial charge on any atom is -0.381 e. The highest BCUT2D eigenvalue weighted by Crippen LogP contribution is 2.49. The summed E-state index contributed by atoms with van der Waals surface area (Å²) in [6, 6.07) is 0.295. The first-order valence-electron chi connectivity index (χ1n) is 8.23. The van der Waals surface area contributed by atoms with Gasteiger partial charge >= 0.3 is 0 Å². The van der Waals surface area contributed by atoms with Gasteiger partial charge in [-0.15, -0.1) is 12.4 Å². The minimum atomic E-state index is -0.385. The van der Waals surface area contributed by atoms with Gasteiger partial charge in [0, 0.05) is 25.8 Å². The van der Waals surface area contributed by atoms with Gasteiger partial charge in [0.2, 0.25) is 5.91 Å². The second-order valence-electron chi connectivity index (χ2n) is 7.20. The predicted molar refractivity (Wildman–Crippen MR) is 85.3 cm³/mol. The third kappa shape index (κ3) is 3.22. The molecule has 4 unspecified atom stereocenters. The summed E-state index contributed by atoms with van der Waals surface area (Å²) in [4.78, 5) is 12.7. The van der Waals surface area contributed by atoms with Crippen LogP contribution in [-0.2, 0) is 9.53 Å². The van der Waals surface area contributed by atoms with Crippen molar-refractivity contribution in [2.75, 3.05) is 19.8 Å². The topological polar surface area (TPSA) is 64.4 Å². The Balaban J connectivity index is 0.00000161. The van der Waals surface area contributed by atoms with Gasteiger partial charge in [0.25, 0.3) is 0 Å². The highest BCUT2D eigenvalue weighted by molar-refractivity contribution is 5.85. The van der Waals surface area contributed by atoms with Gasteiger partial charge in [-0.2, -0.15) is 0 Å². The Morgan fingerprint density at radius 3 is 2.57 bits per heavy atom. The summed E-state index contributed by atoms with van der Waals surface area (Å²) in [7, 11) is 0. The lowest BCUT2D eigenvalue weighted by molar-refractivity contribution is -0.137. The maximum absolute atomic E-state index is 12.7. The zero-order valence-electron chi connectivity index (χ0n) is 13.0. The molecule has 0 aromatic rings. The number of nitrogens with two attached hydrogens (primary N) is 1. The van der Waals surface area contributed by atoms with Gasteiger partial charge in [0.15, 0.2) is 0 Å². The molecule has 0 spiro atoms. The summed E-state index contributed by atoms with van der Waals surface area (Å²) in [5, 5.41) is 3.29. The summed E-state index contributed by atoms with van der Waals surface area (Å²) < 4.78 is 5.39. The maximum atomic E-state index is 12.7. The lowest BCUT2D eigenvalue weighted by Gasteiger charge is -2.37. The van der Waals surface area contributed by atoms with Crippen molar-refractivity contribution in [1.82, 2.24) is 5.32 Å². The van der Waals surface area contributed by atoms with E-state index in [1.165, 1.54) is 25.7 Å². The molecule has 0 radical (unpaired) electrons. The van der Waals surface area contributed by atoms with E-state index in [9.17, 15) is 4.79 Å². The molecule has 0 aromatic heterocycles. The average Bonchev–Trinajstić information content (AvgIpc) is 3.10. The SMILES string of the molecule is CC(NC(=O)C1(CN)CCOCC1)C1CC2CCC1C2.Cl. The van der Waals surface area contributed by atoms with Crippen LogP contribution in [0.4, 0.5) is 0 Å². The molecule has 1 aliphatic heterocycles. The standard InChI is InChI=1S/C16H28N2O2.ClH/c1-11(14-9-12-2-3-13(14)8-12)18-15(19)16(10-17)4-6-20-7-5-16;/h11-14H,2-10,17H2,1H3,(H,18,19);1H. The fourth-order valence-electron chi connectivity index (χ4n) is 4.66. The van der Waals surface area contributed by atoms with Crippen LogP contribution in [0.2, 0.25) is 0 Å². The zero-order chi connectivity index (χ0) is 14.2.